The van der Waals surface area contributed by atoms with Crippen molar-refractivity contribution < 1.29 is 13.9 Å². The van der Waals surface area contributed by atoms with Crippen LogP contribution >= 0.6 is 23.2 Å². The summed E-state index contributed by atoms with van der Waals surface area (Å²) in [7, 11) is 1.74. The van der Waals surface area contributed by atoms with Gasteiger partial charge in [0.05, 0.1) is 20.3 Å². The van der Waals surface area contributed by atoms with Gasteiger partial charge in [-0.05, 0) is 108 Å². The summed E-state index contributed by atoms with van der Waals surface area (Å²) in [6, 6.07) is 21.1. The van der Waals surface area contributed by atoms with Gasteiger partial charge in [0.1, 0.15) is 17.6 Å². The third-order valence-corrected chi connectivity index (χ3v) is 9.13. The number of alkyl halides is 1. The molecular formula is C35H37Cl2FN2O2. The van der Waals surface area contributed by atoms with Gasteiger partial charge < -0.3 is 14.4 Å². The molecule has 3 aromatic rings. The summed E-state index contributed by atoms with van der Waals surface area (Å²) in [6.45, 7) is 3.98. The Morgan fingerprint density at radius 1 is 0.976 bits per heavy atom. The predicted molar refractivity (Wildman–Crippen MR) is 172 cm³/mol. The number of ether oxygens (including phenoxy) is 2. The van der Waals surface area contributed by atoms with E-state index >= 15 is 0 Å². The van der Waals surface area contributed by atoms with Crippen molar-refractivity contribution in [1.82, 2.24) is 4.90 Å². The van der Waals surface area contributed by atoms with E-state index in [1.807, 2.05) is 18.2 Å². The molecule has 2 heterocycles. The van der Waals surface area contributed by atoms with Gasteiger partial charge in [0, 0.05) is 41.9 Å². The van der Waals surface area contributed by atoms with Gasteiger partial charge in [-0.15, -0.1) is 0 Å². The van der Waals surface area contributed by atoms with Gasteiger partial charge in [0.25, 0.3) is 0 Å². The van der Waals surface area contributed by atoms with Crippen molar-refractivity contribution in [1.29, 1.82) is 0 Å². The van der Waals surface area contributed by atoms with Crippen LogP contribution in [0.25, 0.3) is 11.1 Å². The van der Waals surface area contributed by atoms with Gasteiger partial charge in [-0.25, -0.2) is 0 Å². The summed E-state index contributed by atoms with van der Waals surface area (Å²) in [5.41, 5.74) is 8.41. The Labute approximate surface area is 258 Å². The van der Waals surface area contributed by atoms with Crippen LogP contribution in [0.5, 0.6) is 5.75 Å². The van der Waals surface area contributed by atoms with Crippen LogP contribution in [0.2, 0.25) is 10.0 Å². The molecule has 3 aromatic carbocycles. The van der Waals surface area contributed by atoms with Crippen molar-refractivity contribution in [3.63, 3.8) is 0 Å². The Kier molecular flexibility index (Phi) is 9.09. The molecule has 2 aliphatic heterocycles. The Hall–Kier alpha value is -2.99. The number of methoxy groups -OCH3 is 1. The number of aryl methyl sites for hydroxylation is 1. The number of fused-ring (bicyclic) bond motifs is 1. The summed E-state index contributed by atoms with van der Waals surface area (Å²) in [5, 5.41) is 1.31. The second-order valence-electron chi connectivity index (χ2n) is 11.3. The SMILES string of the molecule is COC1=CCN(c2ccc3c(c2)CCCC(c2ccc(Cl)cc2Cl)=C3c2ccc(O[C@H]3CCN(CCCF)C3)cc2)C1. The maximum atomic E-state index is 12.6. The quantitative estimate of drug-likeness (QED) is 0.244. The second-order valence-corrected chi connectivity index (χ2v) is 12.2. The zero-order chi connectivity index (χ0) is 29.1. The van der Waals surface area contributed by atoms with E-state index in [2.05, 4.69) is 58.3 Å². The zero-order valence-corrected chi connectivity index (χ0v) is 25.6. The van der Waals surface area contributed by atoms with E-state index in [9.17, 15) is 4.39 Å². The Morgan fingerprint density at radius 3 is 2.57 bits per heavy atom. The summed E-state index contributed by atoms with van der Waals surface area (Å²) in [6.07, 6.45) is 6.76. The molecule has 3 aliphatic rings. The summed E-state index contributed by atoms with van der Waals surface area (Å²) in [5.74, 6) is 1.88. The number of benzene rings is 3. The van der Waals surface area contributed by atoms with E-state index < -0.39 is 0 Å². The monoisotopic (exact) mass is 606 g/mol. The molecule has 1 saturated heterocycles. The molecule has 4 nitrogen and oxygen atoms in total. The number of nitrogens with zero attached hydrogens (tertiary/aromatic N) is 2. The largest absolute Gasteiger partial charge is 0.499 e. The minimum Gasteiger partial charge on any atom is -0.499 e. The van der Waals surface area contributed by atoms with Crippen LogP contribution in [0, 0.1) is 0 Å². The van der Waals surface area contributed by atoms with E-state index in [0.717, 1.165) is 81.0 Å². The predicted octanol–water partition coefficient (Wildman–Crippen LogP) is 8.45. The first-order valence-corrected chi connectivity index (χ1v) is 15.6. The van der Waals surface area contributed by atoms with E-state index in [4.69, 9.17) is 32.7 Å². The Bertz CT molecular complexity index is 1490. The van der Waals surface area contributed by atoms with Crippen LogP contribution in [-0.2, 0) is 11.2 Å². The van der Waals surface area contributed by atoms with Crippen LogP contribution in [0.4, 0.5) is 10.1 Å². The minimum atomic E-state index is -0.267. The first-order chi connectivity index (χ1) is 20.5. The third-order valence-electron chi connectivity index (χ3n) is 8.59. The van der Waals surface area contributed by atoms with Gasteiger partial charge in [-0.3, -0.25) is 9.29 Å². The highest BCUT2D eigenvalue weighted by molar-refractivity contribution is 6.36. The highest BCUT2D eigenvalue weighted by Gasteiger charge is 2.25. The summed E-state index contributed by atoms with van der Waals surface area (Å²) >= 11 is 13.1. The third kappa shape index (κ3) is 6.34. The lowest BCUT2D eigenvalue weighted by atomic mass is 9.87. The van der Waals surface area contributed by atoms with Gasteiger partial charge in [-0.1, -0.05) is 47.5 Å². The molecule has 1 atom stereocenters. The zero-order valence-electron chi connectivity index (χ0n) is 24.1. The number of hydrogen-bond donors (Lipinski definition) is 0. The number of anilines is 1. The number of likely N-dealkylation sites (tertiary alicyclic amines) is 1. The minimum absolute atomic E-state index is 0.133. The molecule has 7 heteroatoms. The molecule has 0 spiro atoms. The van der Waals surface area contributed by atoms with Gasteiger partial charge >= 0.3 is 0 Å². The molecule has 0 unspecified atom stereocenters. The molecule has 220 valence electrons. The van der Waals surface area contributed by atoms with E-state index in [1.54, 1.807) is 7.11 Å². The maximum Gasteiger partial charge on any atom is 0.119 e. The molecule has 0 amide bonds. The molecule has 6 rings (SSSR count). The average Bonchev–Trinajstić information content (AvgIpc) is 3.62. The molecule has 0 aromatic heterocycles. The molecule has 0 saturated carbocycles. The molecule has 0 N–H and O–H groups in total. The summed E-state index contributed by atoms with van der Waals surface area (Å²) in [4.78, 5) is 4.63. The lowest BCUT2D eigenvalue weighted by molar-refractivity contribution is 0.198. The molecule has 1 fully saturated rings. The fraction of sp³-hybridized carbons (Fsp3) is 0.371. The van der Waals surface area contributed by atoms with Gasteiger partial charge in [0.15, 0.2) is 0 Å². The standard InChI is InChI=1S/C35H37Cl2FN2O2/c1-41-29-15-19-40(23-29)27-9-13-31-25(20-27)4-2-5-33(32-12-8-26(36)21-34(32)37)35(31)24-6-10-28(11-7-24)42-30-14-18-39(22-30)17-3-16-38/h6-13,15,20-21,30H,2-5,14,16-19,22-23H2,1H3/t30-/m0/s1. The molecule has 1 aliphatic carbocycles. The lowest BCUT2D eigenvalue weighted by Gasteiger charge is -2.22. The van der Waals surface area contributed by atoms with Crippen molar-refractivity contribution in [3.8, 4) is 5.75 Å². The molecule has 0 radical (unpaired) electrons. The lowest BCUT2D eigenvalue weighted by Crippen LogP contribution is -2.26. The molecular weight excluding hydrogens is 570 g/mol. The van der Waals surface area contributed by atoms with E-state index in [1.165, 1.54) is 28.0 Å². The maximum absolute atomic E-state index is 12.6. The van der Waals surface area contributed by atoms with Crippen molar-refractivity contribution in [2.24, 2.45) is 0 Å². The van der Waals surface area contributed by atoms with Gasteiger partial charge in [-0.2, -0.15) is 0 Å². The highest BCUT2D eigenvalue weighted by atomic mass is 35.5. The van der Waals surface area contributed by atoms with Crippen molar-refractivity contribution in [2.75, 3.05) is 51.4 Å². The van der Waals surface area contributed by atoms with E-state index in [-0.39, 0.29) is 12.8 Å². The first kappa shape index (κ1) is 29.1. The van der Waals surface area contributed by atoms with E-state index in [0.29, 0.717) is 16.5 Å². The van der Waals surface area contributed by atoms with Crippen LogP contribution in [0.15, 0.2) is 72.5 Å². The van der Waals surface area contributed by atoms with Crippen molar-refractivity contribution in [3.05, 3.63) is 105 Å². The fourth-order valence-corrected chi connectivity index (χ4v) is 6.97. The van der Waals surface area contributed by atoms with Crippen molar-refractivity contribution >= 4 is 40.0 Å². The highest BCUT2D eigenvalue weighted by Crippen LogP contribution is 2.43. The summed E-state index contributed by atoms with van der Waals surface area (Å²) < 4.78 is 24.4. The first-order valence-electron chi connectivity index (χ1n) is 14.9. The smallest absolute Gasteiger partial charge is 0.119 e. The fourth-order valence-electron chi connectivity index (χ4n) is 6.45. The van der Waals surface area contributed by atoms with Crippen LogP contribution < -0.4 is 9.64 Å². The topological polar surface area (TPSA) is 24.9 Å². The Morgan fingerprint density at radius 2 is 1.81 bits per heavy atom. The van der Waals surface area contributed by atoms with Crippen LogP contribution in [0.1, 0.15) is 47.9 Å². The number of rotatable bonds is 9. The normalized spacial score (nSPS) is 19.1. The average molecular weight is 608 g/mol. The number of halogens is 3. The van der Waals surface area contributed by atoms with Gasteiger partial charge in [0.2, 0.25) is 0 Å². The van der Waals surface area contributed by atoms with Crippen LogP contribution in [0.3, 0.4) is 0 Å². The molecule has 42 heavy (non-hydrogen) atoms. The second kappa shape index (κ2) is 13.1. The Balaban J connectivity index is 1.34. The number of hydrogen-bond acceptors (Lipinski definition) is 4. The van der Waals surface area contributed by atoms with Crippen LogP contribution in [-0.4, -0.2) is 57.5 Å². The number of allylic oxidation sites excluding steroid dienone is 1. The molecule has 0 bridgehead atoms. The van der Waals surface area contributed by atoms with Crippen molar-refractivity contribution in [2.45, 2.75) is 38.2 Å².